The molecule has 0 aliphatic carbocycles. The van der Waals surface area contributed by atoms with E-state index in [0.29, 0.717) is 17.2 Å². The Hall–Kier alpha value is -3.46. The fraction of sp³-hybridized carbons (Fsp3) is 0.0833. The molecule has 0 bridgehead atoms. The molecule has 0 aliphatic heterocycles. The first-order valence-corrected chi connectivity index (χ1v) is 8.83. The second-order valence-corrected chi connectivity index (χ2v) is 6.19. The van der Waals surface area contributed by atoms with E-state index in [1.807, 2.05) is 85.8 Å². The van der Waals surface area contributed by atoms with Gasteiger partial charge in [-0.3, -0.25) is 0 Å². The molecule has 0 atom stereocenters. The third-order valence-corrected chi connectivity index (χ3v) is 4.46. The summed E-state index contributed by atoms with van der Waals surface area (Å²) in [6, 6.07) is 27.5. The van der Waals surface area contributed by atoms with Crippen LogP contribution in [0.5, 0.6) is 28.7 Å². The predicted octanol–water partition coefficient (Wildman–Crippen LogP) is 6.74. The zero-order chi connectivity index (χ0) is 18.6. The molecule has 4 rings (SSSR count). The maximum absolute atomic E-state index is 6.29. The number of hydrogen-bond acceptors (Lipinski definition) is 3. The number of fused-ring (bicyclic) bond motifs is 1. The SMILES string of the molecule is COc1c(Oc2ccccc2)c(Oc2ccccc2)c2ccccc2c1C. The Bertz CT molecular complexity index is 1060. The summed E-state index contributed by atoms with van der Waals surface area (Å²) in [5.41, 5.74) is 1.01. The number of hydrogen-bond donors (Lipinski definition) is 0. The summed E-state index contributed by atoms with van der Waals surface area (Å²) in [5.74, 6) is 3.35. The van der Waals surface area contributed by atoms with Crippen LogP contribution >= 0.6 is 0 Å². The van der Waals surface area contributed by atoms with Crippen molar-refractivity contribution in [3.63, 3.8) is 0 Å². The summed E-state index contributed by atoms with van der Waals surface area (Å²) in [6.07, 6.45) is 0. The molecule has 4 aromatic carbocycles. The highest BCUT2D eigenvalue weighted by molar-refractivity contribution is 5.96. The minimum atomic E-state index is 0.573. The Labute approximate surface area is 158 Å². The van der Waals surface area contributed by atoms with Gasteiger partial charge in [-0.15, -0.1) is 0 Å². The first-order valence-electron chi connectivity index (χ1n) is 8.83. The molecule has 4 aromatic rings. The van der Waals surface area contributed by atoms with Crippen molar-refractivity contribution in [3.8, 4) is 28.7 Å². The van der Waals surface area contributed by atoms with Crippen molar-refractivity contribution in [2.45, 2.75) is 6.92 Å². The molecular weight excluding hydrogens is 336 g/mol. The van der Waals surface area contributed by atoms with Gasteiger partial charge in [0.2, 0.25) is 5.75 Å². The maximum Gasteiger partial charge on any atom is 0.212 e. The number of ether oxygens (including phenoxy) is 3. The summed E-state index contributed by atoms with van der Waals surface area (Å²) in [6.45, 7) is 2.03. The smallest absolute Gasteiger partial charge is 0.212 e. The lowest BCUT2D eigenvalue weighted by Gasteiger charge is -2.20. The van der Waals surface area contributed by atoms with Crippen LogP contribution in [0.25, 0.3) is 10.8 Å². The third-order valence-electron chi connectivity index (χ3n) is 4.46. The summed E-state index contributed by atoms with van der Waals surface area (Å²) in [5, 5.41) is 2.05. The lowest BCUT2D eigenvalue weighted by atomic mass is 10.0. The highest BCUT2D eigenvalue weighted by atomic mass is 16.5. The normalized spacial score (nSPS) is 10.6. The summed E-state index contributed by atoms with van der Waals surface area (Å²) < 4.78 is 18.3. The summed E-state index contributed by atoms with van der Waals surface area (Å²) >= 11 is 0. The van der Waals surface area contributed by atoms with Crippen molar-refractivity contribution in [2.75, 3.05) is 7.11 Å². The van der Waals surface area contributed by atoms with E-state index in [0.717, 1.165) is 27.8 Å². The summed E-state index contributed by atoms with van der Waals surface area (Å²) in [4.78, 5) is 0. The molecule has 0 N–H and O–H groups in total. The number of benzene rings is 4. The van der Waals surface area contributed by atoms with Crippen LogP contribution in [0.15, 0.2) is 84.9 Å². The largest absolute Gasteiger partial charge is 0.492 e. The van der Waals surface area contributed by atoms with E-state index in [-0.39, 0.29) is 0 Å². The maximum atomic E-state index is 6.29. The van der Waals surface area contributed by atoms with Gasteiger partial charge in [-0.25, -0.2) is 0 Å². The van der Waals surface area contributed by atoms with E-state index in [9.17, 15) is 0 Å². The molecule has 3 nitrogen and oxygen atoms in total. The lowest BCUT2D eigenvalue weighted by Crippen LogP contribution is -1.98. The molecule has 0 aliphatic rings. The number of aryl methyl sites for hydroxylation is 1. The molecule has 0 fully saturated rings. The zero-order valence-electron chi connectivity index (χ0n) is 15.3. The number of methoxy groups -OCH3 is 1. The third kappa shape index (κ3) is 3.32. The number of para-hydroxylation sites is 2. The van der Waals surface area contributed by atoms with Gasteiger partial charge in [0.1, 0.15) is 11.5 Å². The highest BCUT2D eigenvalue weighted by Crippen LogP contribution is 2.49. The van der Waals surface area contributed by atoms with Crippen molar-refractivity contribution >= 4 is 10.8 Å². The molecule has 0 saturated heterocycles. The van der Waals surface area contributed by atoms with Gasteiger partial charge in [0.05, 0.1) is 7.11 Å². The van der Waals surface area contributed by atoms with Gasteiger partial charge in [-0.1, -0.05) is 60.7 Å². The Morgan fingerprint density at radius 3 is 1.56 bits per heavy atom. The van der Waals surface area contributed by atoms with Crippen LogP contribution in [0.1, 0.15) is 5.56 Å². The van der Waals surface area contributed by atoms with Gasteiger partial charge in [0, 0.05) is 10.9 Å². The molecule has 3 heteroatoms. The average Bonchev–Trinajstić information content (AvgIpc) is 2.73. The van der Waals surface area contributed by atoms with Gasteiger partial charge in [-0.2, -0.15) is 0 Å². The first kappa shape index (κ1) is 17.0. The van der Waals surface area contributed by atoms with E-state index in [4.69, 9.17) is 14.2 Å². The van der Waals surface area contributed by atoms with Crippen LogP contribution in [0.4, 0.5) is 0 Å². The van der Waals surface area contributed by atoms with Crippen LogP contribution in [-0.2, 0) is 0 Å². The van der Waals surface area contributed by atoms with Gasteiger partial charge in [0.25, 0.3) is 0 Å². The zero-order valence-corrected chi connectivity index (χ0v) is 15.3. The topological polar surface area (TPSA) is 27.7 Å². The Kier molecular flexibility index (Phi) is 4.67. The first-order chi connectivity index (χ1) is 13.3. The number of rotatable bonds is 5. The van der Waals surface area contributed by atoms with Crippen molar-refractivity contribution in [2.24, 2.45) is 0 Å². The van der Waals surface area contributed by atoms with Crippen molar-refractivity contribution in [1.29, 1.82) is 0 Å². The molecule has 27 heavy (non-hydrogen) atoms. The van der Waals surface area contributed by atoms with Crippen LogP contribution in [-0.4, -0.2) is 7.11 Å². The summed E-state index contributed by atoms with van der Waals surface area (Å²) in [7, 11) is 1.65. The Morgan fingerprint density at radius 2 is 1.00 bits per heavy atom. The van der Waals surface area contributed by atoms with Gasteiger partial charge in [0.15, 0.2) is 11.5 Å². The Morgan fingerprint density at radius 1 is 0.519 bits per heavy atom. The second kappa shape index (κ2) is 7.42. The van der Waals surface area contributed by atoms with E-state index in [2.05, 4.69) is 6.07 Å². The second-order valence-electron chi connectivity index (χ2n) is 6.19. The molecule has 0 heterocycles. The van der Waals surface area contributed by atoms with E-state index < -0.39 is 0 Å². The molecule has 0 spiro atoms. The monoisotopic (exact) mass is 356 g/mol. The van der Waals surface area contributed by atoms with E-state index >= 15 is 0 Å². The standard InChI is InChI=1S/C24H20O3/c1-17-20-15-9-10-16-21(20)23(26-18-11-5-3-6-12-18)24(22(17)25-2)27-19-13-7-4-8-14-19/h3-16H,1-2H3. The molecule has 0 aromatic heterocycles. The fourth-order valence-electron chi connectivity index (χ4n) is 3.18. The van der Waals surface area contributed by atoms with Crippen molar-refractivity contribution in [1.82, 2.24) is 0 Å². The average molecular weight is 356 g/mol. The van der Waals surface area contributed by atoms with Crippen molar-refractivity contribution < 1.29 is 14.2 Å². The minimum Gasteiger partial charge on any atom is -0.492 e. The van der Waals surface area contributed by atoms with Crippen LogP contribution in [0.3, 0.4) is 0 Å². The van der Waals surface area contributed by atoms with E-state index in [1.165, 1.54) is 0 Å². The minimum absolute atomic E-state index is 0.573. The lowest BCUT2D eigenvalue weighted by molar-refractivity contribution is 0.361. The fourth-order valence-corrected chi connectivity index (χ4v) is 3.18. The van der Waals surface area contributed by atoms with Crippen LogP contribution in [0.2, 0.25) is 0 Å². The molecule has 0 radical (unpaired) electrons. The predicted molar refractivity (Wildman–Crippen MR) is 108 cm³/mol. The van der Waals surface area contributed by atoms with Crippen LogP contribution in [0, 0.1) is 6.92 Å². The Balaban J connectivity index is 1.96. The molecular formula is C24H20O3. The van der Waals surface area contributed by atoms with Gasteiger partial charge in [-0.05, 0) is 36.6 Å². The van der Waals surface area contributed by atoms with Crippen LogP contribution < -0.4 is 14.2 Å². The highest BCUT2D eigenvalue weighted by Gasteiger charge is 2.22. The molecule has 0 unspecified atom stereocenters. The van der Waals surface area contributed by atoms with Gasteiger partial charge < -0.3 is 14.2 Å². The van der Waals surface area contributed by atoms with Gasteiger partial charge >= 0.3 is 0 Å². The van der Waals surface area contributed by atoms with Crippen molar-refractivity contribution in [3.05, 3.63) is 90.5 Å². The molecule has 0 amide bonds. The molecule has 134 valence electrons. The van der Waals surface area contributed by atoms with E-state index in [1.54, 1.807) is 7.11 Å². The quantitative estimate of drug-likeness (QED) is 0.396. The molecule has 0 saturated carbocycles.